The van der Waals surface area contributed by atoms with Crippen molar-refractivity contribution < 1.29 is 4.74 Å². The minimum atomic E-state index is -0.347. The quantitative estimate of drug-likeness (QED) is 0.781. The van der Waals surface area contributed by atoms with E-state index in [1.165, 1.54) is 0 Å². The molecule has 0 amide bonds. The van der Waals surface area contributed by atoms with E-state index in [4.69, 9.17) is 10.5 Å². The second-order valence-corrected chi connectivity index (χ2v) is 5.76. The fourth-order valence-corrected chi connectivity index (χ4v) is 3.14. The van der Waals surface area contributed by atoms with Crippen LogP contribution in [-0.4, -0.2) is 14.8 Å². The first-order valence-corrected chi connectivity index (χ1v) is 7.83. The van der Waals surface area contributed by atoms with Crippen molar-refractivity contribution in [3.63, 3.8) is 0 Å². The van der Waals surface area contributed by atoms with Crippen molar-refractivity contribution in [2.75, 3.05) is 0 Å². The molecule has 0 aliphatic carbocycles. The number of benzene rings is 1. The Bertz CT molecular complexity index is 1000. The molecule has 25 heavy (non-hydrogen) atoms. The maximum Gasteiger partial charge on any atom is 0.229 e. The third-order valence-corrected chi connectivity index (χ3v) is 4.25. The molecule has 1 aliphatic rings. The number of hydrogen-bond acceptors (Lipinski definition) is 5. The van der Waals surface area contributed by atoms with E-state index in [-0.39, 0.29) is 11.8 Å². The van der Waals surface area contributed by atoms with E-state index in [1.54, 1.807) is 17.1 Å². The van der Waals surface area contributed by atoms with Crippen LogP contribution in [0, 0.1) is 18.3 Å². The van der Waals surface area contributed by atoms with Gasteiger partial charge >= 0.3 is 0 Å². The lowest BCUT2D eigenvalue weighted by Crippen LogP contribution is -2.22. The van der Waals surface area contributed by atoms with E-state index < -0.39 is 0 Å². The number of aromatic nitrogens is 3. The van der Waals surface area contributed by atoms with Crippen molar-refractivity contribution in [2.24, 2.45) is 5.73 Å². The van der Waals surface area contributed by atoms with Crippen LogP contribution in [0.4, 0.5) is 0 Å². The van der Waals surface area contributed by atoms with Crippen LogP contribution in [-0.2, 0) is 0 Å². The first-order chi connectivity index (χ1) is 12.2. The molecule has 122 valence electrons. The number of pyridine rings is 1. The Hall–Kier alpha value is -3.59. The molecule has 1 aliphatic heterocycles. The Balaban J connectivity index is 1.97. The summed E-state index contributed by atoms with van der Waals surface area (Å²) in [5.74, 6) is 0.287. The Morgan fingerprint density at radius 2 is 2.00 bits per heavy atom. The molecule has 2 aromatic heterocycles. The molecule has 0 saturated carbocycles. The van der Waals surface area contributed by atoms with Gasteiger partial charge in [-0.1, -0.05) is 24.3 Å². The summed E-state index contributed by atoms with van der Waals surface area (Å²) in [6.45, 7) is 1.90. The van der Waals surface area contributed by atoms with Crippen LogP contribution in [0.25, 0.3) is 5.69 Å². The largest absolute Gasteiger partial charge is 0.422 e. The molecule has 0 radical (unpaired) electrons. The summed E-state index contributed by atoms with van der Waals surface area (Å²) in [6.07, 6.45) is 3.44. The maximum absolute atomic E-state index is 9.62. The van der Waals surface area contributed by atoms with Crippen molar-refractivity contribution in [1.82, 2.24) is 14.8 Å². The number of hydrogen-bond donors (Lipinski definition) is 1. The molecular weight excluding hydrogens is 314 g/mol. The van der Waals surface area contributed by atoms with Crippen LogP contribution in [0.2, 0.25) is 0 Å². The topological polar surface area (TPSA) is 89.8 Å². The molecule has 0 saturated heterocycles. The molecule has 0 spiro atoms. The molecule has 6 heteroatoms. The summed E-state index contributed by atoms with van der Waals surface area (Å²) in [5, 5.41) is 14.2. The van der Waals surface area contributed by atoms with E-state index in [0.717, 1.165) is 22.5 Å². The summed E-state index contributed by atoms with van der Waals surface area (Å²) in [5.41, 5.74) is 9.80. The lowest BCUT2D eigenvalue weighted by atomic mass is 9.85. The van der Waals surface area contributed by atoms with Crippen molar-refractivity contribution in [2.45, 2.75) is 12.8 Å². The molecule has 6 nitrogen and oxygen atoms in total. The lowest BCUT2D eigenvalue weighted by molar-refractivity contribution is 0.367. The highest BCUT2D eigenvalue weighted by atomic mass is 16.5. The van der Waals surface area contributed by atoms with E-state index in [1.807, 2.05) is 49.4 Å². The number of nitrogens with zero attached hydrogens (tertiary/aromatic N) is 4. The molecule has 0 bridgehead atoms. The van der Waals surface area contributed by atoms with Gasteiger partial charge in [0.15, 0.2) is 0 Å². The summed E-state index contributed by atoms with van der Waals surface area (Å²) < 4.78 is 7.53. The SMILES string of the molecule is Cc1nn(-c2ccccc2)c2c1[C@H](c1cccnc1)C(C#N)=C(N)O2. The van der Waals surface area contributed by atoms with Crippen LogP contribution < -0.4 is 10.5 Å². The number of nitriles is 1. The smallest absolute Gasteiger partial charge is 0.229 e. The van der Waals surface area contributed by atoms with Crippen molar-refractivity contribution >= 4 is 0 Å². The molecule has 4 rings (SSSR count). The zero-order valence-corrected chi connectivity index (χ0v) is 13.5. The zero-order valence-electron chi connectivity index (χ0n) is 13.5. The van der Waals surface area contributed by atoms with E-state index in [9.17, 15) is 5.26 Å². The Kier molecular flexibility index (Phi) is 3.47. The number of allylic oxidation sites excluding steroid dienone is 1. The van der Waals surface area contributed by atoms with Crippen LogP contribution in [0.5, 0.6) is 5.88 Å². The van der Waals surface area contributed by atoms with E-state index >= 15 is 0 Å². The normalized spacial score (nSPS) is 16.1. The molecular formula is C19H15N5O. The average Bonchev–Trinajstić information content (AvgIpc) is 2.98. The highest BCUT2D eigenvalue weighted by molar-refractivity contribution is 5.56. The molecule has 1 atom stereocenters. The third-order valence-electron chi connectivity index (χ3n) is 4.25. The van der Waals surface area contributed by atoms with Gasteiger partial charge in [-0.25, -0.2) is 4.68 Å². The predicted molar refractivity (Wildman–Crippen MR) is 91.8 cm³/mol. The van der Waals surface area contributed by atoms with Gasteiger partial charge in [0.05, 0.1) is 22.9 Å². The molecule has 2 N–H and O–H groups in total. The van der Waals surface area contributed by atoms with Gasteiger partial charge in [0, 0.05) is 12.4 Å². The third kappa shape index (κ3) is 2.34. The van der Waals surface area contributed by atoms with E-state index in [2.05, 4.69) is 16.2 Å². The van der Waals surface area contributed by atoms with Gasteiger partial charge in [0.25, 0.3) is 0 Å². The molecule has 0 fully saturated rings. The Morgan fingerprint density at radius 1 is 1.20 bits per heavy atom. The number of fused-ring (bicyclic) bond motifs is 1. The number of nitrogens with two attached hydrogens (primary N) is 1. The van der Waals surface area contributed by atoms with Crippen LogP contribution in [0.3, 0.4) is 0 Å². The first kappa shape index (κ1) is 15.0. The molecule has 3 heterocycles. The number of ether oxygens (including phenoxy) is 1. The highest BCUT2D eigenvalue weighted by Crippen LogP contribution is 2.44. The highest BCUT2D eigenvalue weighted by Gasteiger charge is 2.36. The van der Waals surface area contributed by atoms with Gasteiger partial charge in [-0.2, -0.15) is 10.4 Å². The molecule has 3 aromatic rings. The standard InChI is InChI=1S/C19H15N5O/c1-12-16-17(13-6-5-9-22-11-13)15(10-20)18(21)25-19(16)24(23-12)14-7-3-2-4-8-14/h2-9,11,17H,21H2,1H3/t17-/m1/s1. The summed E-state index contributed by atoms with van der Waals surface area (Å²) in [6, 6.07) is 15.6. The lowest BCUT2D eigenvalue weighted by Gasteiger charge is -2.24. The first-order valence-electron chi connectivity index (χ1n) is 7.83. The number of aryl methyl sites for hydroxylation is 1. The van der Waals surface area contributed by atoms with Crippen molar-refractivity contribution in [1.29, 1.82) is 5.26 Å². The van der Waals surface area contributed by atoms with Gasteiger partial charge in [-0.3, -0.25) is 4.98 Å². The Morgan fingerprint density at radius 3 is 2.68 bits per heavy atom. The monoisotopic (exact) mass is 329 g/mol. The van der Waals surface area contributed by atoms with Crippen molar-refractivity contribution in [3.05, 3.63) is 83.1 Å². The van der Waals surface area contributed by atoms with Crippen LogP contribution in [0.1, 0.15) is 22.7 Å². The van der Waals surface area contributed by atoms with Gasteiger partial charge in [-0.15, -0.1) is 0 Å². The fraction of sp³-hybridized carbons (Fsp3) is 0.105. The van der Waals surface area contributed by atoms with Crippen molar-refractivity contribution in [3.8, 4) is 17.6 Å². The van der Waals surface area contributed by atoms with Gasteiger partial charge in [0.2, 0.25) is 11.8 Å². The van der Waals surface area contributed by atoms with Gasteiger partial charge in [0.1, 0.15) is 11.6 Å². The minimum absolute atomic E-state index is 0.0981. The number of rotatable bonds is 2. The summed E-state index contributed by atoms with van der Waals surface area (Å²) in [4.78, 5) is 4.18. The van der Waals surface area contributed by atoms with Gasteiger partial charge in [-0.05, 0) is 30.7 Å². The average molecular weight is 329 g/mol. The predicted octanol–water partition coefficient (Wildman–Crippen LogP) is 2.79. The van der Waals surface area contributed by atoms with E-state index in [0.29, 0.717) is 11.5 Å². The van der Waals surface area contributed by atoms with Gasteiger partial charge < -0.3 is 10.5 Å². The van der Waals surface area contributed by atoms with Crippen LogP contribution >= 0.6 is 0 Å². The second kappa shape index (κ2) is 5.80. The molecule has 0 unspecified atom stereocenters. The summed E-state index contributed by atoms with van der Waals surface area (Å²) in [7, 11) is 0. The second-order valence-electron chi connectivity index (χ2n) is 5.76. The number of para-hydroxylation sites is 1. The minimum Gasteiger partial charge on any atom is -0.422 e. The molecule has 1 aromatic carbocycles. The zero-order chi connectivity index (χ0) is 17.4. The van der Waals surface area contributed by atoms with Crippen LogP contribution in [0.15, 0.2) is 66.3 Å². The Labute approximate surface area is 144 Å². The maximum atomic E-state index is 9.62. The summed E-state index contributed by atoms with van der Waals surface area (Å²) >= 11 is 0. The fourth-order valence-electron chi connectivity index (χ4n) is 3.14.